The topological polar surface area (TPSA) is 80.9 Å². The van der Waals surface area contributed by atoms with Gasteiger partial charge in [-0.3, -0.25) is 0 Å². The van der Waals surface area contributed by atoms with Crippen LogP contribution in [0.3, 0.4) is 0 Å². The van der Waals surface area contributed by atoms with Crippen LogP contribution in [0.2, 0.25) is 0 Å². The van der Waals surface area contributed by atoms with Crippen LogP contribution in [-0.4, -0.2) is 45.8 Å². The summed E-state index contributed by atoms with van der Waals surface area (Å²) in [6.07, 6.45) is -0.216. The van der Waals surface area contributed by atoms with Gasteiger partial charge in [-0.15, -0.1) is 0 Å². The van der Waals surface area contributed by atoms with Crippen molar-refractivity contribution >= 4 is 0 Å². The minimum Gasteiger partial charge on any atom is -0.396 e. The summed E-state index contributed by atoms with van der Waals surface area (Å²) in [5.41, 5.74) is 0. The van der Waals surface area contributed by atoms with Crippen molar-refractivity contribution < 1.29 is 20.4 Å². The van der Waals surface area contributed by atoms with Gasteiger partial charge in [0, 0.05) is 6.61 Å². The molecule has 0 fully saturated rings. The molecule has 0 rings (SSSR count). The third kappa shape index (κ3) is 5.15. The van der Waals surface area contributed by atoms with Gasteiger partial charge in [0.15, 0.2) is 0 Å². The second-order valence-electron chi connectivity index (χ2n) is 2.54. The van der Waals surface area contributed by atoms with Crippen molar-refractivity contribution in [3.63, 3.8) is 0 Å². The van der Waals surface area contributed by atoms with Crippen LogP contribution in [0.15, 0.2) is 0 Å². The van der Waals surface area contributed by atoms with Gasteiger partial charge in [0.05, 0.1) is 12.7 Å². The van der Waals surface area contributed by atoms with Crippen molar-refractivity contribution in [1.82, 2.24) is 0 Å². The van der Waals surface area contributed by atoms with E-state index in [9.17, 15) is 0 Å². The first kappa shape index (κ1) is 10.8. The van der Waals surface area contributed by atoms with Crippen LogP contribution in [0.4, 0.5) is 0 Å². The van der Waals surface area contributed by atoms with Crippen LogP contribution in [0, 0.1) is 0 Å². The highest BCUT2D eigenvalue weighted by atomic mass is 16.4. The average Bonchev–Trinajstić information content (AvgIpc) is 2.03. The van der Waals surface area contributed by atoms with E-state index in [1.807, 2.05) is 0 Å². The maximum Gasteiger partial charge on any atom is 0.103 e. The molecule has 0 radical (unpaired) electrons. The molecule has 4 heteroatoms. The Morgan fingerprint density at radius 1 is 0.909 bits per heavy atom. The maximum absolute atomic E-state index is 9.05. The molecule has 0 aromatic rings. The Morgan fingerprint density at radius 2 is 1.55 bits per heavy atom. The van der Waals surface area contributed by atoms with E-state index in [-0.39, 0.29) is 6.61 Å². The van der Waals surface area contributed by atoms with Gasteiger partial charge in [0.1, 0.15) is 6.10 Å². The van der Waals surface area contributed by atoms with Crippen molar-refractivity contribution in [3.05, 3.63) is 0 Å². The summed E-state index contributed by atoms with van der Waals surface area (Å²) in [7, 11) is 0. The molecule has 0 aromatic heterocycles. The maximum atomic E-state index is 9.05. The molecule has 4 N–H and O–H groups in total. The first-order chi connectivity index (χ1) is 5.22. The lowest BCUT2D eigenvalue weighted by molar-refractivity contribution is -0.0188. The molecule has 0 spiro atoms. The molecule has 68 valence electrons. The van der Waals surface area contributed by atoms with E-state index >= 15 is 0 Å². The van der Waals surface area contributed by atoms with Crippen LogP contribution in [0.5, 0.6) is 0 Å². The van der Waals surface area contributed by atoms with Gasteiger partial charge in [-0.05, 0) is 19.3 Å². The van der Waals surface area contributed by atoms with Crippen LogP contribution in [-0.2, 0) is 0 Å². The molecule has 11 heavy (non-hydrogen) atoms. The molecule has 0 saturated carbocycles. The summed E-state index contributed by atoms with van der Waals surface area (Å²) in [4.78, 5) is 0. The highest BCUT2D eigenvalue weighted by molar-refractivity contribution is 4.65. The molecule has 0 bridgehead atoms. The molecular weight excluding hydrogens is 148 g/mol. The van der Waals surface area contributed by atoms with Crippen LogP contribution in [0.1, 0.15) is 19.3 Å². The minimum absolute atomic E-state index is 0.0991. The molecule has 4 nitrogen and oxygen atoms in total. The molecule has 0 aliphatic rings. The fourth-order valence-electron chi connectivity index (χ4n) is 0.779. The number of rotatable bonds is 6. The monoisotopic (exact) mass is 164 g/mol. The van der Waals surface area contributed by atoms with Gasteiger partial charge in [-0.1, -0.05) is 0 Å². The molecule has 2 unspecified atom stereocenters. The predicted octanol–water partition coefficient (Wildman–Crippen LogP) is -1.14. The Hall–Kier alpha value is -0.160. The number of aliphatic hydroxyl groups excluding tert-OH is 4. The predicted molar refractivity (Wildman–Crippen MR) is 40.0 cm³/mol. The van der Waals surface area contributed by atoms with Crippen LogP contribution < -0.4 is 0 Å². The zero-order chi connectivity index (χ0) is 8.69. The summed E-state index contributed by atoms with van der Waals surface area (Å²) < 4.78 is 0. The number of hydrogen-bond acceptors (Lipinski definition) is 4. The van der Waals surface area contributed by atoms with Gasteiger partial charge in [0.25, 0.3) is 0 Å². The molecule has 2 atom stereocenters. The first-order valence-corrected chi connectivity index (χ1v) is 3.80. The highest BCUT2D eigenvalue weighted by Gasteiger charge is 2.13. The third-order valence-electron chi connectivity index (χ3n) is 1.54. The lowest BCUT2D eigenvalue weighted by atomic mass is 10.1. The van der Waals surface area contributed by atoms with Gasteiger partial charge in [-0.2, -0.15) is 0 Å². The summed E-state index contributed by atoms with van der Waals surface area (Å²) in [5, 5.41) is 34.7. The van der Waals surface area contributed by atoms with E-state index in [1.165, 1.54) is 0 Å². The lowest BCUT2D eigenvalue weighted by Crippen LogP contribution is -2.29. The van der Waals surface area contributed by atoms with Crippen molar-refractivity contribution in [1.29, 1.82) is 0 Å². The zero-order valence-corrected chi connectivity index (χ0v) is 6.48. The Balaban J connectivity index is 3.28. The van der Waals surface area contributed by atoms with Crippen molar-refractivity contribution in [2.24, 2.45) is 0 Å². The number of hydrogen-bond donors (Lipinski definition) is 4. The van der Waals surface area contributed by atoms with Crippen LogP contribution >= 0.6 is 0 Å². The first-order valence-electron chi connectivity index (χ1n) is 3.80. The van der Waals surface area contributed by atoms with Gasteiger partial charge < -0.3 is 20.4 Å². The fraction of sp³-hybridized carbons (Fsp3) is 1.00. The smallest absolute Gasteiger partial charge is 0.103 e. The molecule has 0 aliphatic carbocycles. The molecule has 0 saturated heterocycles. The summed E-state index contributed by atoms with van der Waals surface area (Å²) >= 11 is 0. The van der Waals surface area contributed by atoms with Gasteiger partial charge in [0.2, 0.25) is 0 Å². The quantitative estimate of drug-likeness (QED) is 0.374. The van der Waals surface area contributed by atoms with E-state index in [4.69, 9.17) is 20.4 Å². The van der Waals surface area contributed by atoms with E-state index in [0.29, 0.717) is 19.3 Å². The molecule has 0 amide bonds. The molecule has 0 heterocycles. The van der Waals surface area contributed by atoms with Crippen molar-refractivity contribution in [2.45, 2.75) is 31.5 Å². The summed E-state index contributed by atoms with van der Waals surface area (Å²) in [5.74, 6) is 0. The normalized spacial score (nSPS) is 16.4. The molecule has 0 aliphatic heterocycles. The zero-order valence-electron chi connectivity index (χ0n) is 6.48. The number of unbranched alkanes of at least 4 members (excludes halogenated alkanes) is 1. The fourth-order valence-corrected chi connectivity index (χ4v) is 0.779. The van der Waals surface area contributed by atoms with E-state index in [2.05, 4.69) is 0 Å². The highest BCUT2D eigenvalue weighted by Crippen LogP contribution is 2.03. The average molecular weight is 164 g/mol. The van der Waals surface area contributed by atoms with E-state index < -0.39 is 18.8 Å². The standard InChI is InChI=1S/C7H16O4/c8-4-2-1-3-6(10)7(11)5-9/h6-11H,1-5H2. The van der Waals surface area contributed by atoms with E-state index in [1.54, 1.807) is 0 Å². The Morgan fingerprint density at radius 3 is 2.00 bits per heavy atom. The second kappa shape index (κ2) is 6.54. The van der Waals surface area contributed by atoms with Crippen molar-refractivity contribution in [3.8, 4) is 0 Å². The second-order valence-corrected chi connectivity index (χ2v) is 2.54. The Bertz CT molecular complexity index is 86.5. The molecular formula is C7H16O4. The minimum atomic E-state index is -1.05. The van der Waals surface area contributed by atoms with Gasteiger partial charge in [-0.25, -0.2) is 0 Å². The van der Waals surface area contributed by atoms with Gasteiger partial charge >= 0.3 is 0 Å². The van der Waals surface area contributed by atoms with Crippen molar-refractivity contribution in [2.75, 3.05) is 13.2 Å². The van der Waals surface area contributed by atoms with E-state index in [0.717, 1.165) is 0 Å². The summed E-state index contributed by atoms with van der Waals surface area (Å²) in [6.45, 7) is -0.317. The lowest BCUT2D eigenvalue weighted by Gasteiger charge is -2.14. The molecule has 0 aromatic carbocycles. The number of aliphatic hydroxyl groups is 4. The Labute approximate surface area is 66.1 Å². The third-order valence-corrected chi connectivity index (χ3v) is 1.54. The van der Waals surface area contributed by atoms with Crippen LogP contribution in [0.25, 0.3) is 0 Å². The summed E-state index contributed by atoms with van der Waals surface area (Å²) in [6, 6.07) is 0. The SMILES string of the molecule is OCCCCC(O)C(O)CO. The largest absolute Gasteiger partial charge is 0.396 e. The Kier molecular flexibility index (Phi) is 6.45.